The van der Waals surface area contributed by atoms with Crippen molar-refractivity contribution in [1.29, 1.82) is 0 Å². The van der Waals surface area contributed by atoms with E-state index in [2.05, 4.69) is 21.7 Å². The second kappa shape index (κ2) is 8.01. The van der Waals surface area contributed by atoms with Crippen LogP contribution in [-0.4, -0.2) is 16.8 Å². The van der Waals surface area contributed by atoms with E-state index >= 15 is 0 Å². The molecule has 4 aromatic rings. The van der Waals surface area contributed by atoms with Crippen molar-refractivity contribution in [3.8, 4) is 0 Å². The number of hydrogen-bond donors (Lipinski definition) is 2. The highest BCUT2D eigenvalue weighted by Crippen LogP contribution is 2.32. The van der Waals surface area contributed by atoms with Crippen molar-refractivity contribution >= 4 is 55.4 Å². The highest BCUT2D eigenvalue weighted by molar-refractivity contribution is 7.18. The van der Waals surface area contributed by atoms with E-state index in [-0.39, 0.29) is 17.7 Å². The van der Waals surface area contributed by atoms with Crippen LogP contribution in [-0.2, 0) is 11.2 Å². The average molecular weight is 434 g/mol. The van der Waals surface area contributed by atoms with Gasteiger partial charge in [0, 0.05) is 18.0 Å². The normalized spacial score (nSPS) is 13.3. The summed E-state index contributed by atoms with van der Waals surface area (Å²) in [7, 11) is 0. The SMILES string of the molecule is O=C(Nc1ccc(Cc2nc3ccccc3s2)cc1)c1ccc(NC(=O)C2CC2)s1. The van der Waals surface area contributed by atoms with Gasteiger partial charge in [-0.2, -0.15) is 0 Å². The summed E-state index contributed by atoms with van der Waals surface area (Å²) in [4.78, 5) is 29.6. The molecular weight excluding hydrogens is 414 g/mol. The van der Waals surface area contributed by atoms with Gasteiger partial charge in [-0.1, -0.05) is 24.3 Å². The third-order valence-corrected chi connectivity index (χ3v) is 6.97. The Balaban J connectivity index is 1.20. The van der Waals surface area contributed by atoms with E-state index in [0.717, 1.165) is 41.0 Å². The molecule has 5 rings (SSSR count). The first-order chi connectivity index (χ1) is 14.6. The van der Waals surface area contributed by atoms with Gasteiger partial charge in [-0.3, -0.25) is 9.59 Å². The minimum Gasteiger partial charge on any atom is -0.321 e. The Morgan fingerprint density at radius 1 is 0.933 bits per heavy atom. The monoisotopic (exact) mass is 433 g/mol. The lowest BCUT2D eigenvalue weighted by Gasteiger charge is -2.05. The van der Waals surface area contributed by atoms with Crippen LogP contribution in [0.1, 0.15) is 33.1 Å². The molecule has 0 aliphatic heterocycles. The molecule has 2 aromatic heterocycles. The molecule has 1 saturated carbocycles. The Morgan fingerprint density at radius 3 is 2.50 bits per heavy atom. The lowest BCUT2D eigenvalue weighted by atomic mass is 10.1. The van der Waals surface area contributed by atoms with Crippen molar-refractivity contribution in [1.82, 2.24) is 4.98 Å². The van der Waals surface area contributed by atoms with E-state index in [1.807, 2.05) is 42.5 Å². The minimum atomic E-state index is -0.175. The molecule has 0 bridgehead atoms. The second-order valence-electron chi connectivity index (χ2n) is 7.33. The lowest BCUT2D eigenvalue weighted by molar-refractivity contribution is -0.117. The van der Waals surface area contributed by atoms with E-state index in [1.165, 1.54) is 16.0 Å². The number of carbonyl (C=O) groups excluding carboxylic acids is 2. The number of aromatic nitrogens is 1. The Hall–Kier alpha value is -3.03. The van der Waals surface area contributed by atoms with Gasteiger partial charge in [0.15, 0.2) is 0 Å². The molecule has 2 amide bonds. The van der Waals surface area contributed by atoms with Gasteiger partial charge in [-0.25, -0.2) is 4.98 Å². The van der Waals surface area contributed by atoms with Crippen LogP contribution in [0.25, 0.3) is 10.2 Å². The molecule has 0 spiro atoms. The fourth-order valence-corrected chi connectivity index (χ4v) is 4.97. The predicted octanol–water partition coefficient (Wildman–Crippen LogP) is 5.55. The van der Waals surface area contributed by atoms with Gasteiger partial charge >= 0.3 is 0 Å². The van der Waals surface area contributed by atoms with Crippen LogP contribution in [0, 0.1) is 5.92 Å². The third kappa shape index (κ3) is 4.27. The van der Waals surface area contributed by atoms with Gasteiger partial charge < -0.3 is 10.6 Å². The van der Waals surface area contributed by atoms with Crippen LogP contribution >= 0.6 is 22.7 Å². The zero-order valence-electron chi connectivity index (χ0n) is 16.1. The van der Waals surface area contributed by atoms with Crippen molar-refractivity contribution in [2.24, 2.45) is 5.92 Å². The van der Waals surface area contributed by atoms with Gasteiger partial charge in [0.05, 0.1) is 25.1 Å². The summed E-state index contributed by atoms with van der Waals surface area (Å²) in [5.41, 5.74) is 2.92. The minimum absolute atomic E-state index is 0.0486. The maximum Gasteiger partial charge on any atom is 0.265 e. The Kier molecular flexibility index (Phi) is 5.06. The fourth-order valence-electron chi connectivity index (χ4n) is 3.16. The average Bonchev–Trinajstić information content (AvgIpc) is 3.36. The summed E-state index contributed by atoms with van der Waals surface area (Å²) in [6, 6.07) is 19.5. The Labute approximate surface area is 181 Å². The van der Waals surface area contributed by atoms with Crippen molar-refractivity contribution in [3.05, 3.63) is 76.1 Å². The molecule has 1 aliphatic rings. The molecule has 150 valence electrons. The standard InChI is InChI=1S/C23H19N3O2S2/c27-22(15-7-8-15)26-20-12-11-19(30-20)23(28)24-16-9-5-14(6-10-16)13-21-25-17-3-1-2-4-18(17)29-21/h1-6,9-12,15H,7-8,13H2,(H,24,28)(H,26,27). The largest absolute Gasteiger partial charge is 0.321 e. The molecule has 7 heteroatoms. The number of nitrogens with one attached hydrogen (secondary N) is 2. The molecule has 2 N–H and O–H groups in total. The van der Waals surface area contributed by atoms with Crippen LogP contribution < -0.4 is 10.6 Å². The number of thiophene rings is 1. The van der Waals surface area contributed by atoms with Gasteiger partial charge in [0.25, 0.3) is 5.91 Å². The summed E-state index contributed by atoms with van der Waals surface area (Å²) in [5.74, 6) is 0.0176. The number of nitrogens with zero attached hydrogens (tertiary/aromatic N) is 1. The molecule has 5 nitrogen and oxygen atoms in total. The van der Waals surface area contributed by atoms with Gasteiger partial charge in [-0.15, -0.1) is 22.7 Å². The molecule has 2 aromatic carbocycles. The zero-order valence-corrected chi connectivity index (χ0v) is 17.7. The summed E-state index contributed by atoms with van der Waals surface area (Å²) in [6.45, 7) is 0. The van der Waals surface area contributed by atoms with Crippen LogP contribution in [0.5, 0.6) is 0 Å². The van der Waals surface area contributed by atoms with Crippen LogP contribution in [0.4, 0.5) is 10.7 Å². The molecule has 0 saturated heterocycles. The number of para-hydroxylation sites is 1. The van der Waals surface area contributed by atoms with Crippen molar-refractivity contribution in [2.45, 2.75) is 19.3 Å². The predicted molar refractivity (Wildman–Crippen MR) is 122 cm³/mol. The molecule has 2 heterocycles. The molecule has 1 fully saturated rings. The van der Waals surface area contributed by atoms with E-state index < -0.39 is 0 Å². The number of fused-ring (bicyclic) bond motifs is 1. The summed E-state index contributed by atoms with van der Waals surface area (Å²) < 4.78 is 1.19. The van der Waals surface area contributed by atoms with Crippen LogP contribution in [0.3, 0.4) is 0 Å². The second-order valence-corrected chi connectivity index (χ2v) is 9.53. The molecule has 0 atom stereocenters. The number of rotatable bonds is 6. The molecule has 0 radical (unpaired) electrons. The number of anilines is 2. The fraction of sp³-hybridized carbons (Fsp3) is 0.174. The van der Waals surface area contributed by atoms with E-state index in [9.17, 15) is 9.59 Å². The number of hydrogen-bond acceptors (Lipinski definition) is 5. The highest BCUT2D eigenvalue weighted by atomic mass is 32.1. The summed E-state index contributed by atoms with van der Waals surface area (Å²) in [5, 5.41) is 7.58. The quantitative estimate of drug-likeness (QED) is 0.419. The number of carbonyl (C=O) groups is 2. The third-order valence-electron chi connectivity index (χ3n) is 4.93. The smallest absolute Gasteiger partial charge is 0.265 e. The Morgan fingerprint density at radius 2 is 1.73 bits per heavy atom. The summed E-state index contributed by atoms with van der Waals surface area (Å²) in [6.07, 6.45) is 2.68. The van der Waals surface area contributed by atoms with Crippen molar-refractivity contribution in [2.75, 3.05) is 10.6 Å². The molecule has 30 heavy (non-hydrogen) atoms. The maximum absolute atomic E-state index is 12.5. The number of benzene rings is 2. The van der Waals surface area contributed by atoms with Crippen molar-refractivity contribution < 1.29 is 9.59 Å². The topological polar surface area (TPSA) is 71.1 Å². The molecule has 1 aliphatic carbocycles. The van der Waals surface area contributed by atoms with Gasteiger partial charge in [-0.05, 0) is 54.8 Å². The molecular formula is C23H19N3O2S2. The van der Waals surface area contributed by atoms with Crippen molar-refractivity contribution in [3.63, 3.8) is 0 Å². The number of amides is 2. The van der Waals surface area contributed by atoms with Gasteiger partial charge in [0.1, 0.15) is 0 Å². The number of thiazole rings is 1. The molecule has 0 unspecified atom stereocenters. The Bertz CT molecular complexity index is 1190. The van der Waals surface area contributed by atoms with E-state index in [1.54, 1.807) is 23.5 Å². The highest BCUT2D eigenvalue weighted by Gasteiger charge is 2.29. The van der Waals surface area contributed by atoms with E-state index in [4.69, 9.17) is 0 Å². The first-order valence-electron chi connectivity index (χ1n) is 9.79. The zero-order chi connectivity index (χ0) is 20.5. The first-order valence-corrected chi connectivity index (χ1v) is 11.4. The first kappa shape index (κ1) is 19.0. The van der Waals surface area contributed by atoms with Crippen LogP contribution in [0.2, 0.25) is 0 Å². The lowest BCUT2D eigenvalue weighted by Crippen LogP contribution is -2.12. The van der Waals surface area contributed by atoms with Gasteiger partial charge in [0.2, 0.25) is 5.91 Å². The van der Waals surface area contributed by atoms with E-state index in [0.29, 0.717) is 9.88 Å². The maximum atomic E-state index is 12.5. The van der Waals surface area contributed by atoms with Crippen LogP contribution in [0.15, 0.2) is 60.7 Å². The summed E-state index contributed by atoms with van der Waals surface area (Å²) >= 11 is 3.00.